The quantitative estimate of drug-likeness (QED) is 0.825. The fourth-order valence-corrected chi connectivity index (χ4v) is 2.51. The molecular formula is C15H20ClNO. The van der Waals surface area contributed by atoms with Gasteiger partial charge in [-0.1, -0.05) is 24.2 Å². The molecule has 0 amide bonds. The van der Waals surface area contributed by atoms with E-state index in [0.29, 0.717) is 17.4 Å². The standard InChI is InChI=1S/C15H20ClNO/c1-10(2)9-18-14-5-4-12(8-13(14)16)15(6-7-15)11(3)17/h4-5,8,11H,1,6-7,9,17H2,2-3H3. The van der Waals surface area contributed by atoms with Crippen molar-refractivity contribution in [3.63, 3.8) is 0 Å². The van der Waals surface area contributed by atoms with Crippen molar-refractivity contribution in [1.29, 1.82) is 0 Å². The maximum Gasteiger partial charge on any atom is 0.138 e. The summed E-state index contributed by atoms with van der Waals surface area (Å²) < 4.78 is 5.58. The van der Waals surface area contributed by atoms with E-state index in [1.807, 2.05) is 19.1 Å². The van der Waals surface area contributed by atoms with Crippen LogP contribution in [0.1, 0.15) is 32.3 Å². The summed E-state index contributed by atoms with van der Waals surface area (Å²) in [4.78, 5) is 0. The molecule has 1 fully saturated rings. The molecule has 18 heavy (non-hydrogen) atoms. The second kappa shape index (κ2) is 4.94. The van der Waals surface area contributed by atoms with Crippen LogP contribution in [0.15, 0.2) is 30.4 Å². The maximum atomic E-state index is 6.26. The number of rotatable bonds is 5. The summed E-state index contributed by atoms with van der Waals surface area (Å²) >= 11 is 6.26. The lowest BCUT2D eigenvalue weighted by Crippen LogP contribution is -2.31. The smallest absolute Gasteiger partial charge is 0.138 e. The van der Waals surface area contributed by atoms with Crippen LogP contribution in [0.25, 0.3) is 0 Å². The molecule has 1 aromatic carbocycles. The van der Waals surface area contributed by atoms with E-state index in [9.17, 15) is 0 Å². The molecule has 0 radical (unpaired) electrons. The first-order valence-corrected chi connectivity index (χ1v) is 6.66. The zero-order chi connectivity index (χ0) is 13.3. The highest BCUT2D eigenvalue weighted by molar-refractivity contribution is 6.32. The Balaban J connectivity index is 2.18. The highest BCUT2D eigenvalue weighted by Gasteiger charge is 2.47. The molecule has 0 aromatic heterocycles. The van der Waals surface area contributed by atoms with Crippen molar-refractivity contribution in [2.24, 2.45) is 5.73 Å². The van der Waals surface area contributed by atoms with Gasteiger partial charge in [-0.25, -0.2) is 0 Å². The highest BCUT2D eigenvalue weighted by atomic mass is 35.5. The third-order valence-electron chi connectivity index (χ3n) is 3.64. The van der Waals surface area contributed by atoms with Crippen LogP contribution >= 0.6 is 11.6 Å². The monoisotopic (exact) mass is 265 g/mol. The number of halogens is 1. The lowest BCUT2D eigenvalue weighted by Gasteiger charge is -2.21. The molecule has 2 rings (SSSR count). The van der Waals surface area contributed by atoms with Gasteiger partial charge in [-0.3, -0.25) is 0 Å². The SMILES string of the molecule is C=C(C)COc1ccc(C2(C(C)N)CC2)cc1Cl. The van der Waals surface area contributed by atoms with Gasteiger partial charge < -0.3 is 10.5 Å². The molecule has 2 nitrogen and oxygen atoms in total. The van der Waals surface area contributed by atoms with Gasteiger partial charge >= 0.3 is 0 Å². The molecule has 98 valence electrons. The maximum absolute atomic E-state index is 6.26. The summed E-state index contributed by atoms with van der Waals surface area (Å²) in [5, 5.41) is 0.653. The first-order chi connectivity index (χ1) is 8.45. The van der Waals surface area contributed by atoms with Crippen molar-refractivity contribution in [3.05, 3.63) is 40.9 Å². The van der Waals surface area contributed by atoms with Gasteiger partial charge in [-0.2, -0.15) is 0 Å². The normalized spacial score (nSPS) is 18.2. The van der Waals surface area contributed by atoms with Crippen LogP contribution in [-0.4, -0.2) is 12.6 Å². The number of nitrogens with two attached hydrogens (primary N) is 1. The summed E-state index contributed by atoms with van der Waals surface area (Å²) in [6, 6.07) is 6.17. The minimum Gasteiger partial charge on any atom is -0.488 e. The van der Waals surface area contributed by atoms with E-state index in [1.165, 1.54) is 5.56 Å². The number of benzene rings is 1. The van der Waals surface area contributed by atoms with Gasteiger partial charge in [-0.15, -0.1) is 0 Å². The molecular weight excluding hydrogens is 246 g/mol. The lowest BCUT2D eigenvalue weighted by atomic mass is 9.89. The van der Waals surface area contributed by atoms with E-state index in [-0.39, 0.29) is 11.5 Å². The molecule has 1 aromatic rings. The third-order valence-corrected chi connectivity index (χ3v) is 3.94. The Hall–Kier alpha value is -0.990. The van der Waals surface area contributed by atoms with Gasteiger partial charge in [0.2, 0.25) is 0 Å². The van der Waals surface area contributed by atoms with Crippen molar-refractivity contribution >= 4 is 11.6 Å². The summed E-state index contributed by atoms with van der Waals surface area (Å²) in [6.45, 7) is 8.29. The fraction of sp³-hybridized carbons (Fsp3) is 0.467. The van der Waals surface area contributed by atoms with Gasteiger partial charge in [0.25, 0.3) is 0 Å². The van der Waals surface area contributed by atoms with Crippen LogP contribution in [0.5, 0.6) is 5.75 Å². The van der Waals surface area contributed by atoms with Gasteiger partial charge in [-0.05, 0) is 50.0 Å². The molecule has 1 unspecified atom stereocenters. The second-order valence-electron chi connectivity index (χ2n) is 5.34. The van der Waals surface area contributed by atoms with E-state index < -0.39 is 0 Å². The molecule has 0 saturated heterocycles. The minimum atomic E-state index is 0.135. The van der Waals surface area contributed by atoms with E-state index in [0.717, 1.165) is 18.4 Å². The average Bonchev–Trinajstić information content (AvgIpc) is 3.08. The van der Waals surface area contributed by atoms with Crippen molar-refractivity contribution in [2.75, 3.05) is 6.61 Å². The van der Waals surface area contributed by atoms with E-state index in [4.69, 9.17) is 22.1 Å². The van der Waals surface area contributed by atoms with Crippen LogP contribution < -0.4 is 10.5 Å². The summed E-state index contributed by atoms with van der Waals surface area (Å²) in [5.41, 5.74) is 8.40. The van der Waals surface area contributed by atoms with Crippen molar-refractivity contribution in [2.45, 2.75) is 38.1 Å². The highest BCUT2D eigenvalue weighted by Crippen LogP contribution is 2.51. The molecule has 1 aliphatic carbocycles. The van der Waals surface area contributed by atoms with E-state index in [2.05, 4.69) is 19.6 Å². The Morgan fingerprint density at radius 3 is 2.67 bits per heavy atom. The van der Waals surface area contributed by atoms with E-state index >= 15 is 0 Å². The van der Waals surface area contributed by atoms with Crippen molar-refractivity contribution in [3.8, 4) is 5.75 Å². The molecule has 2 N–H and O–H groups in total. The van der Waals surface area contributed by atoms with Crippen LogP contribution in [0.3, 0.4) is 0 Å². The van der Waals surface area contributed by atoms with E-state index in [1.54, 1.807) is 0 Å². The van der Waals surface area contributed by atoms with Crippen molar-refractivity contribution < 1.29 is 4.74 Å². The lowest BCUT2D eigenvalue weighted by molar-refractivity contribution is 0.352. The fourth-order valence-electron chi connectivity index (χ4n) is 2.27. The molecule has 0 spiro atoms. The first kappa shape index (κ1) is 13.4. The molecule has 0 bridgehead atoms. The zero-order valence-electron chi connectivity index (χ0n) is 11.0. The Kier molecular flexibility index (Phi) is 3.69. The van der Waals surface area contributed by atoms with Crippen LogP contribution in [0.2, 0.25) is 5.02 Å². The number of hydrogen-bond acceptors (Lipinski definition) is 2. The largest absolute Gasteiger partial charge is 0.488 e. The van der Waals surface area contributed by atoms with Gasteiger partial charge in [0.15, 0.2) is 0 Å². The molecule has 1 aliphatic rings. The van der Waals surface area contributed by atoms with Crippen LogP contribution in [0, 0.1) is 0 Å². The first-order valence-electron chi connectivity index (χ1n) is 6.28. The second-order valence-corrected chi connectivity index (χ2v) is 5.74. The summed E-state index contributed by atoms with van der Waals surface area (Å²) in [6.07, 6.45) is 2.29. The Labute approximate surface area is 114 Å². The predicted octanol–water partition coefficient (Wildman–Crippen LogP) is 3.67. The van der Waals surface area contributed by atoms with Gasteiger partial charge in [0.1, 0.15) is 12.4 Å². The van der Waals surface area contributed by atoms with Crippen LogP contribution in [-0.2, 0) is 5.41 Å². The van der Waals surface area contributed by atoms with Crippen molar-refractivity contribution in [1.82, 2.24) is 0 Å². The summed E-state index contributed by atoms with van der Waals surface area (Å²) in [5.74, 6) is 0.712. The summed E-state index contributed by atoms with van der Waals surface area (Å²) in [7, 11) is 0. The number of ether oxygens (including phenoxy) is 1. The predicted molar refractivity (Wildman–Crippen MR) is 76.3 cm³/mol. The topological polar surface area (TPSA) is 35.2 Å². The molecule has 0 aliphatic heterocycles. The average molecular weight is 266 g/mol. The molecule has 3 heteroatoms. The van der Waals surface area contributed by atoms with Crippen LogP contribution in [0.4, 0.5) is 0 Å². The Bertz CT molecular complexity index is 464. The van der Waals surface area contributed by atoms with Gasteiger partial charge in [0, 0.05) is 11.5 Å². The molecule has 1 atom stereocenters. The minimum absolute atomic E-state index is 0.135. The number of hydrogen-bond donors (Lipinski definition) is 1. The third kappa shape index (κ3) is 2.55. The zero-order valence-corrected chi connectivity index (χ0v) is 11.8. The molecule has 1 saturated carbocycles. The van der Waals surface area contributed by atoms with Gasteiger partial charge in [0.05, 0.1) is 5.02 Å². The Morgan fingerprint density at radius 1 is 1.56 bits per heavy atom. The molecule has 0 heterocycles. The Morgan fingerprint density at radius 2 is 2.22 bits per heavy atom.